The average Bonchev–Trinajstić information content (AvgIpc) is 3.45. The smallest absolute Gasteiger partial charge is 0.310 e. The number of amides is 1. The summed E-state index contributed by atoms with van der Waals surface area (Å²) in [5.74, 6) is 0.342. The Morgan fingerprint density at radius 1 is 1.20 bits per heavy atom. The molecule has 0 aliphatic carbocycles. The molecule has 0 bridgehead atoms. The molecule has 1 aliphatic rings. The number of halogens is 2. The summed E-state index contributed by atoms with van der Waals surface area (Å²) in [6.45, 7) is 0. The maximum Gasteiger partial charge on any atom is 0.310 e. The molecule has 0 unspecified atom stereocenters. The number of rotatable bonds is 5. The molecular weight excluding hydrogens is 411 g/mol. The lowest BCUT2D eigenvalue weighted by Crippen LogP contribution is -2.26. The number of hydrogen-bond donors (Lipinski definition) is 0. The Kier molecular flexibility index (Phi) is 5.46. The molecule has 0 saturated heterocycles. The van der Waals surface area contributed by atoms with Crippen molar-refractivity contribution >= 4 is 23.2 Å². The minimum absolute atomic E-state index is 0.0126. The molecule has 1 amide bonds. The van der Waals surface area contributed by atoms with E-state index >= 15 is 0 Å². The number of nitrogens with zero attached hydrogens (tertiary/aromatic N) is 2. The van der Waals surface area contributed by atoms with Crippen molar-refractivity contribution in [1.82, 2.24) is 5.01 Å². The highest BCUT2D eigenvalue weighted by Gasteiger charge is 2.36. The summed E-state index contributed by atoms with van der Waals surface area (Å²) in [6.07, 6.45) is 1.77. The highest BCUT2D eigenvalue weighted by molar-refractivity contribution is 6.30. The normalized spacial score (nSPS) is 15.8. The molecule has 4 rings (SSSR count). The summed E-state index contributed by atoms with van der Waals surface area (Å²) in [5, 5.41) is 5.87. The third-order valence-electron chi connectivity index (χ3n) is 4.90. The van der Waals surface area contributed by atoms with E-state index in [9.17, 15) is 9.18 Å². The van der Waals surface area contributed by atoms with Gasteiger partial charge in [-0.2, -0.15) is 5.10 Å². The molecule has 1 aromatic heterocycles. The Morgan fingerprint density at radius 3 is 2.70 bits per heavy atom. The van der Waals surface area contributed by atoms with Crippen LogP contribution in [0.4, 0.5) is 4.39 Å². The first-order valence-electron chi connectivity index (χ1n) is 9.13. The molecular formula is C22H18ClFN2O4. The molecule has 30 heavy (non-hydrogen) atoms. The Hall–Kier alpha value is -3.32. The van der Waals surface area contributed by atoms with Gasteiger partial charge in [0.05, 0.1) is 37.3 Å². The summed E-state index contributed by atoms with van der Waals surface area (Å²) in [5.41, 5.74) is 1.91. The molecule has 0 saturated carbocycles. The largest absolute Gasteiger partial charge is 0.497 e. The number of methoxy groups -OCH3 is 2. The fraction of sp³-hybridized carbons (Fsp3) is 0.182. The van der Waals surface area contributed by atoms with Gasteiger partial charge in [0.2, 0.25) is 0 Å². The van der Waals surface area contributed by atoms with Crippen molar-refractivity contribution < 1.29 is 23.1 Å². The van der Waals surface area contributed by atoms with Crippen molar-refractivity contribution in [2.24, 2.45) is 5.10 Å². The zero-order chi connectivity index (χ0) is 21.3. The molecule has 1 atom stereocenters. The van der Waals surface area contributed by atoms with E-state index < -0.39 is 17.8 Å². The SMILES string of the molecule is COc1ccc(C2=NN(C(=O)c3ccco3)[C@H](c3ccc(Cl)c(F)c3)C2)c(OC)c1. The Morgan fingerprint density at radius 2 is 2.03 bits per heavy atom. The molecule has 2 heterocycles. The van der Waals surface area contributed by atoms with Crippen LogP contribution in [0.15, 0.2) is 64.3 Å². The Bertz CT molecular complexity index is 1110. The fourth-order valence-corrected chi connectivity index (χ4v) is 3.51. The molecule has 0 N–H and O–H groups in total. The molecule has 0 fully saturated rings. The lowest BCUT2D eigenvalue weighted by Gasteiger charge is -2.21. The predicted octanol–water partition coefficient (Wildman–Crippen LogP) is 5.08. The minimum Gasteiger partial charge on any atom is -0.497 e. The summed E-state index contributed by atoms with van der Waals surface area (Å²) in [7, 11) is 3.11. The maximum atomic E-state index is 14.1. The molecule has 154 valence electrons. The van der Waals surface area contributed by atoms with Crippen molar-refractivity contribution in [2.45, 2.75) is 12.5 Å². The van der Waals surface area contributed by atoms with Crippen LogP contribution in [0.5, 0.6) is 11.5 Å². The summed E-state index contributed by atoms with van der Waals surface area (Å²) in [6, 6.07) is 12.5. The van der Waals surface area contributed by atoms with Crippen LogP contribution in [0.25, 0.3) is 0 Å². The number of benzene rings is 2. The molecule has 6 nitrogen and oxygen atoms in total. The van der Waals surface area contributed by atoms with E-state index in [0.717, 1.165) is 0 Å². The van der Waals surface area contributed by atoms with E-state index in [-0.39, 0.29) is 10.8 Å². The van der Waals surface area contributed by atoms with Crippen LogP contribution in [0.2, 0.25) is 5.02 Å². The molecule has 8 heteroatoms. The van der Waals surface area contributed by atoms with Crippen LogP contribution in [0.3, 0.4) is 0 Å². The number of hydrazone groups is 1. The monoisotopic (exact) mass is 428 g/mol. The fourth-order valence-electron chi connectivity index (χ4n) is 3.39. The van der Waals surface area contributed by atoms with Crippen LogP contribution in [-0.2, 0) is 0 Å². The van der Waals surface area contributed by atoms with Crippen molar-refractivity contribution in [3.63, 3.8) is 0 Å². The second-order valence-electron chi connectivity index (χ2n) is 6.63. The van der Waals surface area contributed by atoms with Gasteiger partial charge in [-0.1, -0.05) is 17.7 Å². The van der Waals surface area contributed by atoms with Gasteiger partial charge in [-0.3, -0.25) is 4.79 Å². The zero-order valence-corrected chi connectivity index (χ0v) is 17.0. The molecule has 2 aromatic carbocycles. The second-order valence-corrected chi connectivity index (χ2v) is 7.04. The van der Waals surface area contributed by atoms with E-state index in [4.69, 9.17) is 25.5 Å². The topological polar surface area (TPSA) is 64.3 Å². The van der Waals surface area contributed by atoms with Gasteiger partial charge in [-0.05, 0) is 42.0 Å². The molecule has 3 aromatic rings. The quantitative estimate of drug-likeness (QED) is 0.568. The zero-order valence-electron chi connectivity index (χ0n) is 16.3. The van der Waals surface area contributed by atoms with E-state index in [1.165, 1.54) is 23.4 Å². The van der Waals surface area contributed by atoms with Crippen LogP contribution in [0, 0.1) is 5.82 Å². The van der Waals surface area contributed by atoms with Gasteiger partial charge in [0.1, 0.15) is 17.3 Å². The third-order valence-corrected chi connectivity index (χ3v) is 5.20. The van der Waals surface area contributed by atoms with Gasteiger partial charge in [0.25, 0.3) is 0 Å². The number of carbonyl (C=O) groups excluding carboxylic acids is 1. The second kappa shape index (κ2) is 8.20. The van der Waals surface area contributed by atoms with Crippen LogP contribution < -0.4 is 9.47 Å². The average molecular weight is 429 g/mol. The Balaban J connectivity index is 1.77. The van der Waals surface area contributed by atoms with Crippen molar-refractivity contribution in [3.05, 3.63) is 82.5 Å². The van der Waals surface area contributed by atoms with E-state index in [2.05, 4.69) is 5.10 Å². The molecule has 1 aliphatic heterocycles. The van der Waals surface area contributed by atoms with Gasteiger partial charge in [0, 0.05) is 18.1 Å². The highest BCUT2D eigenvalue weighted by Crippen LogP contribution is 2.37. The number of ether oxygens (including phenoxy) is 2. The van der Waals surface area contributed by atoms with E-state index in [1.54, 1.807) is 44.6 Å². The van der Waals surface area contributed by atoms with Crippen molar-refractivity contribution in [3.8, 4) is 11.5 Å². The van der Waals surface area contributed by atoms with Gasteiger partial charge in [-0.15, -0.1) is 0 Å². The first-order valence-corrected chi connectivity index (χ1v) is 9.51. The van der Waals surface area contributed by atoms with Gasteiger partial charge in [0.15, 0.2) is 5.76 Å². The molecule has 0 radical (unpaired) electrons. The first-order chi connectivity index (χ1) is 14.5. The number of carbonyl (C=O) groups is 1. The number of furan rings is 1. The van der Waals surface area contributed by atoms with Crippen LogP contribution in [0.1, 0.15) is 34.1 Å². The lowest BCUT2D eigenvalue weighted by molar-refractivity contribution is 0.0678. The van der Waals surface area contributed by atoms with Crippen LogP contribution in [-0.4, -0.2) is 30.8 Å². The third kappa shape index (κ3) is 3.64. The summed E-state index contributed by atoms with van der Waals surface area (Å²) >= 11 is 5.83. The highest BCUT2D eigenvalue weighted by atomic mass is 35.5. The van der Waals surface area contributed by atoms with Gasteiger partial charge >= 0.3 is 5.91 Å². The maximum absolute atomic E-state index is 14.1. The number of hydrogen-bond acceptors (Lipinski definition) is 5. The van der Waals surface area contributed by atoms with E-state index in [0.29, 0.717) is 34.8 Å². The first kappa shape index (κ1) is 20.0. The lowest BCUT2D eigenvalue weighted by atomic mass is 9.97. The Labute approximate surface area is 177 Å². The van der Waals surface area contributed by atoms with Crippen LogP contribution >= 0.6 is 11.6 Å². The van der Waals surface area contributed by atoms with Crippen molar-refractivity contribution in [2.75, 3.05) is 14.2 Å². The van der Waals surface area contributed by atoms with Gasteiger partial charge < -0.3 is 13.9 Å². The van der Waals surface area contributed by atoms with Gasteiger partial charge in [-0.25, -0.2) is 9.40 Å². The predicted molar refractivity (Wildman–Crippen MR) is 110 cm³/mol. The summed E-state index contributed by atoms with van der Waals surface area (Å²) in [4.78, 5) is 13.0. The standard InChI is InChI=1S/C22H18ClFN2O4/c1-28-14-6-7-15(21(11-14)29-2)18-12-19(13-5-8-16(23)17(24)10-13)26(25-18)22(27)20-4-3-9-30-20/h3-11,19H,12H2,1-2H3/t19-/m0/s1. The molecule has 0 spiro atoms. The van der Waals surface area contributed by atoms with Crippen molar-refractivity contribution in [1.29, 1.82) is 0 Å². The summed E-state index contributed by atoms with van der Waals surface area (Å²) < 4.78 is 30.1. The minimum atomic E-state index is -0.560. The van der Waals surface area contributed by atoms with E-state index in [1.807, 2.05) is 6.07 Å².